The number of methoxy groups -OCH3 is 2. The number of benzene rings is 2. The van der Waals surface area contributed by atoms with Crippen molar-refractivity contribution in [1.29, 1.82) is 5.26 Å². The summed E-state index contributed by atoms with van der Waals surface area (Å²) in [6.45, 7) is 1.68. The first-order chi connectivity index (χ1) is 15.9. The molecule has 9 nitrogen and oxygen atoms in total. The fourth-order valence-electron chi connectivity index (χ4n) is 3.99. The van der Waals surface area contributed by atoms with E-state index in [1.54, 1.807) is 55.5 Å². The van der Waals surface area contributed by atoms with Crippen molar-refractivity contribution in [3.63, 3.8) is 0 Å². The van der Waals surface area contributed by atoms with E-state index in [9.17, 15) is 14.9 Å². The lowest BCUT2D eigenvalue weighted by Crippen LogP contribution is -2.40. The van der Waals surface area contributed by atoms with Gasteiger partial charge in [-0.25, -0.2) is 14.6 Å². The number of aryl methyl sites for hydroxylation is 1. The van der Waals surface area contributed by atoms with Gasteiger partial charge in [0, 0.05) is 6.92 Å². The number of allylic oxidation sites excluding steroid dienone is 1. The molecule has 2 heterocycles. The molecule has 1 atom stereocenters. The van der Waals surface area contributed by atoms with Gasteiger partial charge in [0.2, 0.25) is 0 Å². The molecule has 0 bridgehead atoms. The van der Waals surface area contributed by atoms with Crippen LogP contribution in [0.4, 0.5) is 5.69 Å². The maximum atomic E-state index is 13.1. The molecule has 166 valence electrons. The Hall–Kier alpha value is -4.58. The van der Waals surface area contributed by atoms with Crippen molar-refractivity contribution in [3.8, 4) is 6.07 Å². The maximum Gasteiger partial charge on any atom is 0.355 e. The van der Waals surface area contributed by atoms with Crippen LogP contribution in [0.15, 0.2) is 75.6 Å². The second-order valence-electron chi connectivity index (χ2n) is 7.19. The molecule has 0 amide bonds. The smallest absolute Gasteiger partial charge is 0.355 e. The number of anilines is 1. The van der Waals surface area contributed by atoms with Crippen LogP contribution >= 0.6 is 0 Å². The molecule has 0 spiro atoms. The third-order valence-electron chi connectivity index (χ3n) is 5.36. The van der Waals surface area contributed by atoms with Gasteiger partial charge in [0.15, 0.2) is 11.5 Å². The molecule has 3 aromatic rings. The highest BCUT2D eigenvalue weighted by Gasteiger charge is 2.43. The minimum atomic E-state index is -0.938. The second kappa shape index (κ2) is 8.51. The van der Waals surface area contributed by atoms with Gasteiger partial charge in [-0.15, -0.1) is 0 Å². The molecule has 9 heteroatoms. The summed E-state index contributed by atoms with van der Waals surface area (Å²) in [6, 6.07) is 16.0. The standard InChI is InChI=1S/C24H20N4O5/c1-13-27-20-16(10-7-11-17(20)33-13)28-21(24(30)32-3)19(23(29)31-2)18(15(12-25)22(28)26)14-8-5-4-6-9-14/h4-11,18H,26H2,1-3H3. The SMILES string of the molecule is COC(=O)C1=C(C(=O)OC)N(c2cccc3oc(C)nc23)C(N)=C(C#N)C1c1ccccc1. The Kier molecular flexibility index (Phi) is 5.58. The lowest BCUT2D eigenvalue weighted by atomic mass is 9.81. The van der Waals surface area contributed by atoms with Crippen molar-refractivity contribution >= 4 is 28.7 Å². The number of fused-ring (bicyclic) bond motifs is 1. The number of para-hydroxylation sites is 1. The first-order valence-corrected chi connectivity index (χ1v) is 9.94. The molecule has 0 aliphatic carbocycles. The zero-order valence-corrected chi connectivity index (χ0v) is 18.2. The summed E-state index contributed by atoms with van der Waals surface area (Å²) < 4.78 is 15.7. The number of nitrogens with zero attached hydrogens (tertiary/aromatic N) is 3. The van der Waals surface area contributed by atoms with Crippen LogP contribution in [0.2, 0.25) is 0 Å². The van der Waals surface area contributed by atoms with Gasteiger partial charge in [0.1, 0.15) is 17.0 Å². The third-order valence-corrected chi connectivity index (χ3v) is 5.36. The van der Waals surface area contributed by atoms with Gasteiger partial charge >= 0.3 is 11.9 Å². The zero-order valence-electron chi connectivity index (χ0n) is 18.2. The number of nitriles is 1. The molecule has 1 aliphatic rings. The number of esters is 2. The van der Waals surface area contributed by atoms with E-state index in [0.29, 0.717) is 28.2 Å². The number of rotatable bonds is 4. The largest absolute Gasteiger partial charge is 0.466 e. The van der Waals surface area contributed by atoms with Crippen molar-refractivity contribution in [2.75, 3.05) is 19.1 Å². The molecule has 1 aromatic heterocycles. The predicted molar refractivity (Wildman–Crippen MR) is 118 cm³/mol. The fraction of sp³-hybridized carbons (Fsp3) is 0.167. The van der Waals surface area contributed by atoms with Gasteiger partial charge in [-0.2, -0.15) is 5.26 Å². The highest BCUT2D eigenvalue weighted by atomic mass is 16.5. The van der Waals surface area contributed by atoms with Crippen LogP contribution in [0.25, 0.3) is 11.1 Å². The van der Waals surface area contributed by atoms with Gasteiger partial charge in [0.25, 0.3) is 0 Å². The Labute approximate surface area is 189 Å². The highest BCUT2D eigenvalue weighted by Crippen LogP contribution is 2.44. The molecule has 0 fully saturated rings. The number of ether oxygens (including phenoxy) is 2. The number of oxazole rings is 1. The first-order valence-electron chi connectivity index (χ1n) is 9.94. The van der Waals surface area contributed by atoms with Crippen LogP contribution < -0.4 is 10.6 Å². The minimum absolute atomic E-state index is 0.0347. The Morgan fingerprint density at radius 2 is 1.79 bits per heavy atom. The molecule has 0 saturated heterocycles. The average molecular weight is 444 g/mol. The van der Waals surface area contributed by atoms with Gasteiger partial charge in [-0.1, -0.05) is 36.4 Å². The lowest BCUT2D eigenvalue weighted by molar-refractivity contribution is -0.139. The monoisotopic (exact) mass is 444 g/mol. The molecule has 1 aliphatic heterocycles. The van der Waals surface area contributed by atoms with Crippen molar-refractivity contribution < 1.29 is 23.5 Å². The number of aromatic nitrogens is 1. The molecule has 2 N–H and O–H groups in total. The van der Waals surface area contributed by atoms with Crippen molar-refractivity contribution in [1.82, 2.24) is 4.98 Å². The van der Waals surface area contributed by atoms with E-state index in [1.807, 2.05) is 0 Å². The zero-order chi connectivity index (χ0) is 23.7. The molecule has 4 rings (SSSR count). The first kappa shape index (κ1) is 21.6. The van der Waals surface area contributed by atoms with E-state index in [1.165, 1.54) is 19.1 Å². The normalized spacial score (nSPS) is 16.1. The van der Waals surface area contributed by atoms with Crippen molar-refractivity contribution in [2.24, 2.45) is 5.73 Å². The van der Waals surface area contributed by atoms with E-state index in [-0.39, 0.29) is 22.7 Å². The molecular weight excluding hydrogens is 424 g/mol. The number of hydrogen-bond donors (Lipinski definition) is 1. The van der Waals surface area contributed by atoms with Crippen molar-refractivity contribution in [3.05, 3.63) is 82.6 Å². The van der Waals surface area contributed by atoms with Gasteiger partial charge in [-0.3, -0.25) is 4.90 Å². The third kappa shape index (κ3) is 3.47. The van der Waals surface area contributed by atoms with Crippen LogP contribution in [-0.2, 0) is 19.1 Å². The van der Waals surface area contributed by atoms with E-state index in [0.717, 1.165) is 0 Å². The summed E-state index contributed by atoms with van der Waals surface area (Å²) in [5, 5.41) is 10.1. The summed E-state index contributed by atoms with van der Waals surface area (Å²) >= 11 is 0. The summed E-state index contributed by atoms with van der Waals surface area (Å²) in [4.78, 5) is 31.9. The molecule has 0 radical (unpaired) electrons. The van der Waals surface area contributed by atoms with Crippen LogP contribution in [0.1, 0.15) is 17.4 Å². The molecule has 33 heavy (non-hydrogen) atoms. The summed E-state index contributed by atoms with van der Waals surface area (Å²) in [6.07, 6.45) is 0. The molecule has 1 unspecified atom stereocenters. The summed E-state index contributed by atoms with van der Waals surface area (Å²) in [5.41, 5.74) is 8.14. The van der Waals surface area contributed by atoms with E-state index >= 15 is 0 Å². The van der Waals surface area contributed by atoms with Crippen molar-refractivity contribution in [2.45, 2.75) is 12.8 Å². The average Bonchev–Trinajstić information content (AvgIpc) is 3.23. The predicted octanol–water partition coefficient (Wildman–Crippen LogP) is 3.03. The van der Waals surface area contributed by atoms with Crippen LogP contribution in [0, 0.1) is 18.3 Å². The Morgan fingerprint density at radius 3 is 2.42 bits per heavy atom. The number of nitrogens with two attached hydrogens (primary N) is 1. The maximum absolute atomic E-state index is 13.1. The summed E-state index contributed by atoms with van der Waals surface area (Å²) in [5.74, 6) is -2.19. The summed E-state index contributed by atoms with van der Waals surface area (Å²) in [7, 11) is 2.40. The van der Waals surface area contributed by atoms with E-state index in [2.05, 4.69) is 11.1 Å². The Morgan fingerprint density at radius 1 is 1.09 bits per heavy atom. The number of carbonyl (C=O) groups is 2. The van der Waals surface area contributed by atoms with E-state index in [4.69, 9.17) is 19.6 Å². The second-order valence-corrected chi connectivity index (χ2v) is 7.19. The van der Waals surface area contributed by atoms with Crippen LogP contribution in [0.3, 0.4) is 0 Å². The van der Waals surface area contributed by atoms with Crippen LogP contribution in [0.5, 0.6) is 0 Å². The Balaban J connectivity index is 2.12. The fourth-order valence-corrected chi connectivity index (χ4v) is 3.99. The molecule has 0 saturated carbocycles. The van der Waals surface area contributed by atoms with Gasteiger partial charge < -0.3 is 19.6 Å². The Bertz CT molecular complexity index is 1360. The lowest BCUT2D eigenvalue weighted by Gasteiger charge is -2.35. The van der Waals surface area contributed by atoms with E-state index < -0.39 is 17.9 Å². The number of carbonyl (C=O) groups excluding carboxylic acids is 2. The molecule has 2 aromatic carbocycles. The van der Waals surface area contributed by atoms with Gasteiger partial charge in [-0.05, 0) is 17.7 Å². The minimum Gasteiger partial charge on any atom is -0.466 e. The number of hydrogen-bond acceptors (Lipinski definition) is 9. The molecular formula is C24H20N4O5. The highest BCUT2D eigenvalue weighted by molar-refractivity contribution is 6.08. The topological polar surface area (TPSA) is 132 Å². The van der Waals surface area contributed by atoms with Gasteiger partial charge in [0.05, 0.1) is 43.0 Å². The quantitative estimate of drug-likeness (QED) is 0.603. The van der Waals surface area contributed by atoms with Crippen LogP contribution in [-0.4, -0.2) is 31.1 Å².